The third-order valence-electron chi connectivity index (χ3n) is 3.88. The van der Waals surface area contributed by atoms with E-state index < -0.39 is 0 Å². The lowest BCUT2D eigenvalue weighted by Gasteiger charge is -2.24. The van der Waals surface area contributed by atoms with Crippen LogP contribution in [0.1, 0.15) is 55.5 Å². The molecule has 2 atom stereocenters. The van der Waals surface area contributed by atoms with Crippen molar-refractivity contribution in [2.45, 2.75) is 45.7 Å². The summed E-state index contributed by atoms with van der Waals surface area (Å²) in [5, 5.41) is 13.7. The lowest BCUT2D eigenvalue weighted by atomic mass is 9.98. The molecule has 0 aliphatic carbocycles. The van der Waals surface area contributed by atoms with Gasteiger partial charge in [0.2, 0.25) is 0 Å². The molecule has 2 aromatic rings. The van der Waals surface area contributed by atoms with Crippen molar-refractivity contribution in [2.24, 2.45) is 0 Å². The van der Waals surface area contributed by atoms with Gasteiger partial charge in [-0.3, -0.25) is 0 Å². The van der Waals surface area contributed by atoms with Crippen LogP contribution in [0.5, 0.6) is 5.75 Å². The fourth-order valence-electron chi connectivity index (χ4n) is 2.73. The van der Waals surface area contributed by atoms with E-state index in [9.17, 15) is 5.11 Å². The molecule has 2 rings (SSSR count). The first kappa shape index (κ1) is 15.6. The van der Waals surface area contributed by atoms with Crippen molar-refractivity contribution in [3.8, 4) is 5.75 Å². The summed E-state index contributed by atoms with van der Waals surface area (Å²) in [6.07, 6.45) is 2.21. The van der Waals surface area contributed by atoms with Crippen LogP contribution in [0.2, 0.25) is 0 Å². The highest BCUT2D eigenvalue weighted by Crippen LogP contribution is 2.28. The number of benzene rings is 2. The van der Waals surface area contributed by atoms with Crippen LogP contribution in [-0.4, -0.2) is 5.11 Å². The third-order valence-corrected chi connectivity index (χ3v) is 3.88. The van der Waals surface area contributed by atoms with Gasteiger partial charge < -0.3 is 10.4 Å². The fraction of sp³-hybridized carbons (Fsp3) is 0.368. The second-order valence-corrected chi connectivity index (χ2v) is 5.70. The van der Waals surface area contributed by atoms with Gasteiger partial charge >= 0.3 is 0 Å². The van der Waals surface area contributed by atoms with E-state index in [4.69, 9.17) is 0 Å². The molecule has 0 spiro atoms. The Balaban J connectivity index is 2.18. The molecule has 2 aromatic carbocycles. The highest BCUT2D eigenvalue weighted by atomic mass is 16.3. The molecular weight excluding hydrogens is 258 g/mol. The van der Waals surface area contributed by atoms with Crippen LogP contribution < -0.4 is 5.32 Å². The van der Waals surface area contributed by atoms with Crippen molar-refractivity contribution in [3.05, 3.63) is 65.2 Å². The molecule has 21 heavy (non-hydrogen) atoms. The minimum Gasteiger partial charge on any atom is -0.508 e. The predicted octanol–water partition coefficient (Wildman–Crippen LogP) is 4.89. The van der Waals surface area contributed by atoms with Crippen LogP contribution in [0.4, 0.5) is 0 Å². The van der Waals surface area contributed by atoms with E-state index in [0.717, 1.165) is 18.4 Å². The van der Waals surface area contributed by atoms with Gasteiger partial charge in [-0.15, -0.1) is 0 Å². The summed E-state index contributed by atoms with van der Waals surface area (Å²) in [6.45, 7) is 6.36. The van der Waals surface area contributed by atoms with Crippen molar-refractivity contribution in [1.82, 2.24) is 5.32 Å². The van der Waals surface area contributed by atoms with Crippen molar-refractivity contribution >= 4 is 0 Å². The zero-order valence-corrected chi connectivity index (χ0v) is 13.1. The quantitative estimate of drug-likeness (QED) is 0.791. The molecule has 0 aliphatic rings. The first-order valence-electron chi connectivity index (χ1n) is 7.72. The first-order valence-corrected chi connectivity index (χ1v) is 7.72. The Morgan fingerprint density at radius 2 is 1.81 bits per heavy atom. The molecule has 0 amide bonds. The van der Waals surface area contributed by atoms with Gasteiger partial charge in [0.05, 0.1) is 0 Å². The Morgan fingerprint density at radius 1 is 1.10 bits per heavy atom. The zero-order chi connectivity index (χ0) is 15.2. The van der Waals surface area contributed by atoms with Crippen LogP contribution in [0.25, 0.3) is 0 Å². The van der Waals surface area contributed by atoms with E-state index in [1.807, 2.05) is 12.1 Å². The molecule has 112 valence electrons. The largest absolute Gasteiger partial charge is 0.508 e. The highest BCUT2D eigenvalue weighted by Gasteiger charge is 2.16. The van der Waals surface area contributed by atoms with Crippen LogP contribution >= 0.6 is 0 Å². The molecule has 2 heteroatoms. The van der Waals surface area contributed by atoms with E-state index in [0.29, 0.717) is 11.8 Å². The topological polar surface area (TPSA) is 32.3 Å². The van der Waals surface area contributed by atoms with Crippen LogP contribution in [-0.2, 0) is 0 Å². The average molecular weight is 283 g/mol. The molecular formula is C19H25NO. The van der Waals surface area contributed by atoms with Crippen molar-refractivity contribution in [1.29, 1.82) is 0 Å². The van der Waals surface area contributed by atoms with Crippen LogP contribution in [0, 0.1) is 6.92 Å². The lowest BCUT2D eigenvalue weighted by molar-refractivity contribution is 0.415. The SMILES string of the molecule is CCCC(NC(C)c1cc(C)ccc1O)c1ccccc1. The van der Waals surface area contributed by atoms with Gasteiger partial charge in [0.15, 0.2) is 0 Å². The second kappa shape index (κ2) is 7.28. The van der Waals surface area contributed by atoms with E-state index in [2.05, 4.69) is 56.4 Å². The fourth-order valence-corrected chi connectivity index (χ4v) is 2.73. The molecule has 0 fully saturated rings. The number of phenols is 1. The molecule has 0 saturated carbocycles. The maximum absolute atomic E-state index is 10.1. The maximum atomic E-state index is 10.1. The number of nitrogens with one attached hydrogen (secondary N) is 1. The zero-order valence-electron chi connectivity index (χ0n) is 13.1. The van der Waals surface area contributed by atoms with E-state index >= 15 is 0 Å². The Bertz CT molecular complexity index is 565. The Morgan fingerprint density at radius 3 is 2.48 bits per heavy atom. The molecule has 0 radical (unpaired) electrons. The Hall–Kier alpha value is -1.80. The first-order chi connectivity index (χ1) is 10.1. The predicted molar refractivity (Wildman–Crippen MR) is 88.5 cm³/mol. The van der Waals surface area contributed by atoms with Gasteiger partial charge in [0.1, 0.15) is 5.75 Å². The Labute approximate surface area is 127 Å². The number of hydrogen-bond donors (Lipinski definition) is 2. The summed E-state index contributed by atoms with van der Waals surface area (Å²) in [7, 11) is 0. The normalized spacial score (nSPS) is 13.9. The molecule has 2 N–H and O–H groups in total. The number of phenolic OH excluding ortho intramolecular Hbond substituents is 1. The Kier molecular flexibility index (Phi) is 5.40. The monoisotopic (exact) mass is 283 g/mol. The van der Waals surface area contributed by atoms with E-state index in [-0.39, 0.29) is 6.04 Å². The van der Waals surface area contributed by atoms with E-state index in [1.165, 1.54) is 11.1 Å². The van der Waals surface area contributed by atoms with Crippen LogP contribution in [0.15, 0.2) is 48.5 Å². The third kappa shape index (κ3) is 4.08. The summed E-state index contributed by atoms with van der Waals surface area (Å²) in [4.78, 5) is 0. The molecule has 2 nitrogen and oxygen atoms in total. The molecule has 2 unspecified atom stereocenters. The number of rotatable bonds is 6. The summed E-state index contributed by atoms with van der Waals surface area (Å²) in [6, 6.07) is 16.7. The minimum absolute atomic E-state index is 0.113. The summed E-state index contributed by atoms with van der Waals surface area (Å²) in [5.41, 5.74) is 3.44. The lowest BCUT2D eigenvalue weighted by Crippen LogP contribution is -2.24. The van der Waals surface area contributed by atoms with Gasteiger partial charge in [-0.25, -0.2) is 0 Å². The van der Waals surface area contributed by atoms with Crippen LogP contribution in [0.3, 0.4) is 0 Å². The van der Waals surface area contributed by atoms with Crippen molar-refractivity contribution in [2.75, 3.05) is 0 Å². The van der Waals surface area contributed by atoms with E-state index in [1.54, 1.807) is 6.07 Å². The second-order valence-electron chi connectivity index (χ2n) is 5.70. The molecule has 0 heterocycles. The average Bonchev–Trinajstić information content (AvgIpc) is 2.50. The van der Waals surface area contributed by atoms with Gasteiger partial charge in [-0.05, 0) is 31.9 Å². The standard InChI is InChI=1S/C19H25NO/c1-4-8-18(16-9-6-5-7-10-16)20-15(3)17-13-14(2)11-12-19(17)21/h5-7,9-13,15,18,20-21H,4,8H2,1-3H3. The van der Waals surface area contributed by atoms with Crippen molar-refractivity contribution < 1.29 is 5.11 Å². The van der Waals surface area contributed by atoms with Gasteiger partial charge in [-0.1, -0.05) is 61.4 Å². The number of aryl methyl sites for hydroxylation is 1. The molecule has 0 bridgehead atoms. The summed E-state index contributed by atoms with van der Waals surface area (Å²) in [5.74, 6) is 0.365. The highest BCUT2D eigenvalue weighted by molar-refractivity contribution is 5.38. The molecule has 0 aromatic heterocycles. The smallest absolute Gasteiger partial charge is 0.120 e. The van der Waals surface area contributed by atoms with Crippen molar-refractivity contribution in [3.63, 3.8) is 0 Å². The summed E-state index contributed by atoms with van der Waals surface area (Å²) < 4.78 is 0. The summed E-state index contributed by atoms with van der Waals surface area (Å²) >= 11 is 0. The number of aromatic hydroxyl groups is 1. The molecule has 0 aliphatic heterocycles. The maximum Gasteiger partial charge on any atom is 0.120 e. The van der Waals surface area contributed by atoms with Gasteiger partial charge in [0, 0.05) is 17.6 Å². The van der Waals surface area contributed by atoms with Gasteiger partial charge in [-0.2, -0.15) is 0 Å². The molecule has 0 saturated heterocycles. The minimum atomic E-state index is 0.113. The van der Waals surface area contributed by atoms with Gasteiger partial charge in [0.25, 0.3) is 0 Å². The number of hydrogen-bond acceptors (Lipinski definition) is 2.